The number of phenols is 1. The van der Waals surface area contributed by atoms with Gasteiger partial charge in [-0.3, -0.25) is 0 Å². The normalized spacial score (nSPS) is 9.64. The smallest absolute Gasteiger partial charge is 0.259 e. The molecule has 0 aliphatic carbocycles. The van der Waals surface area contributed by atoms with Crippen LogP contribution in [0.25, 0.3) is 0 Å². The minimum atomic E-state index is 0.194. The summed E-state index contributed by atoms with van der Waals surface area (Å²) in [4.78, 5) is 10.4. The van der Waals surface area contributed by atoms with Gasteiger partial charge in [0.05, 0.1) is 0 Å². The highest BCUT2D eigenvalue weighted by atomic mass is 16.3. The highest BCUT2D eigenvalue weighted by Gasteiger charge is 2.09. The van der Waals surface area contributed by atoms with E-state index in [0.717, 1.165) is 11.1 Å². The van der Waals surface area contributed by atoms with Gasteiger partial charge in [-0.2, -0.15) is 0 Å². The maximum absolute atomic E-state index is 10.4. The van der Waals surface area contributed by atoms with Crippen LogP contribution in [0.2, 0.25) is 0 Å². The van der Waals surface area contributed by atoms with Crippen LogP contribution in [0.5, 0.6) is 5.75 Å². The largest absolute Gasteiger partial charge is 0.508 e. The predicted octanol–water partition coefficient (Wildman–Crippen LogP) is 0.488. The molecule has 1 aromatic carbocycles. The highest BCUT2D eigenvalue weighted by Crippen LogP contribution is 2.20. The van der Waals surface area contributed by atoms with Gasteiger partial charge in [0.2, 0.25) is 0 Å². The zero-order valence-corrected chi connectivity index (χ0v) is 6.51. The van der Waals surface area contributed by atoms with Crippen LogP contribution in [0, 0.1) is 18.8 Å². The lowest BCUT2D eigenvalue weighted by atomic mass is 10.1. The molecule has 3 nitrogen and oxygen atoms in total. The van der Waals surface area contributed by atoms with Crippen molar-refractivity contribution < 1.29 is 10.3 Å². The van der Waals surface area contributed by atoms with E-state index in [1.165, 1.54) is 0 Å². The van der Waals surface area contributed by atoms with Gasteiger partial charge >= 0.3 is 0 Å². The molecule has 0 atom stereocenters. The van der Waals surface area contributed by atoms with Crippen molar-refractivity contribution in [3.05, 3.63) is 28.2 Å². The molecule has 0 spiro atoms. The van der Waals surface area contributed by atoms with Crippen molar-refractivity contribution in [3.63, 3.8) is 0 Å². The van der Waals surface area contributed by atoms with E-state index in [2.05, 4.69) is 0 Å². The zero-order valence-electron chi connectivity index (χ0n) is 6.51. The predicted molar refractivity (Wildman–Crippen MR) is 41.6 cm³/mol. The van der Waals surface area contributed by atoms with E-state index in [1.807, 2.05) is 5.18 Å². The van der Waals surface area contributed by atoms with Crippen LogP contribution in [0.4, 0.5) is 5.69 Å². The molecule has 0 aromatic heterocycles. The monoisotopic (exact) mass is 152 g/mol. The van der Waals surface area contributed by atoms with Crippen LogP contribution in [0.1, 0.15) is 11.1 Å². The van der Waals surface area contributed by atoms with E-state index < -0.39 is 0 Å². The number of nitrogens with one attached hydrogen (secondary N) is 1. The molecule has 11 heavy (non-hydrogen) atoms. The van der Waals surface area contributed by atoms with Gasteiger partial charge in [-0.1, -0.05) is 0 Å². The molecular weight excluding hydrogens is 142 g/mol. The summed E-state index contributed by atoms with van der Waals surface area (Å²) in [6.07, 6.45) is 0. The molecule has 0 aliphatic rings. The second-order valence-electron chi connectivity index (χ2n) is 2.56. The number of nitroso groups, excluding NO2 is 1. The fourth-order valence-electron chi connectivity index (χ4n) is 1.10. The van der Waals surface area contributed by atoms with Gasteiger partial charge in [0, 0.05) is 21.2 Å². The molecule has 0 bridgehead atoms. The summed E-state index contributed by atoms with van der Waals surface area (Å²) in [5, 5.41) is 10.9. The van der Waals surface area contributed by atoms with Gasteiger partial charge in [0.25, 0.3) is 5.69 Å². The van der Waals surface area contributed by atoms with E-state index in [9.17, 15) is 4.91 Å². The molecule has 0 saturated carbocycles. The van der Waals surface area contributed by atoms with Crippen molar-refractivity contribution in [3.8, 4) is 5.75 Å². The number of benzene rings is 1. The van der Waals surface area contributed by atoms with Gasteiger partial charge in [0.15, 0.2) is 0 Å². The van der Waals surface area contributed by atoms with Crippen LogP contribution in [-0.4, -0.2) is 5.11 Å². The minimum absolute atomic E-state index is 0.194. The Balaban J connectivity index is 3.36. The Kier molecular flexibility index (Phi) is 1.89. The highest BCUT2D eigenvalue weighted by molar-refractivity contribution is 5.49. The third-order valence-electron chi connectivity index (χ3n) is 1.62. The number of hydrogen-bond acceptors (Lipinski definition) is 2. The van der Waals surface area contributed by atoms with E-state index in [-0.39, 0.29) is 5.75 Å². The van der Waals surface area contributed by atoms with Crippen molar-refractivity contribution in [1.82, 2.24) is 0 Å². The molecular formula is C8H10NO2+. The molecule has 0 heterocycles. The van der Waals surface area contributed by atoms with Crippen LogP contribution in [0.3, 0.4) is 0 Å². The summed E-state index contributed by atoms with van der Waals surface area (Å²) in [5.41, 5.74) is 2.07. The summed E-state index contributed by atoms with van der Waals surface area (Å²) in [7, 11) is 0. The first-order chi connectivity index (χ1) is 5.15. The molecule has 1 rings (SSSR count). The fraction of sp³-hybridized carbons (Fsp3) is 0.250. The van der Waals surface area contributed by atoms with Gasteiger partial charge < -0.3 is 5.11 Å². The molecule has 1 aromatic rings. The van der Waals surface area contributed by atoms with E-state index >= 15 is 0 Å². The van der Waals surface area contributed by atoms with Crippen molar-refractivity contribution in [2.45, 2.75) is 13.8 Å². The van der Waals surface area contributed by atoms with E-state index in [1.54, 1.807) is 26.0 Å². The number of rotatable bonds is 1. The average Bonchev–Trinajstić information content (AvgIpc) is 1.85. The SMILES string of the molecule is Cc1cc(O)cc(C)c1[NH+]=O. The maximum Gasteiger partial charge on any atom is 0.259 e. The lowest BCUT2D eigenvalue weighted by molar-refractivity contribution is -0.380. The van der Waals surface area contributed by atoms with E-state index in [4.69, 9.17) is 5.11 Å². The molecule has 0 fully saturated rings. The van der Waals surface area contributed by atoms with Gasteiger partial charge in [-0.15, -0.1) is 0 Å². The molecule has 2 N–H and O–H groups in total. The first-order valence-corrected chi connectivity index (χ1v) is 3.33. The summed E-state index contributed by atoms with van der Waals surface area (Å²) in [5.74, 6) is 0.194. The summed E-state index contributed by atoms with van der Waals surface area (Å²) >= 11 is 0. The Morgan fingerprint density at radius 1 is 1.27 bits per heavy atom. The molecule has 3 heteroatoms. The van der Waals surface area contributed by atoms with Gasteiger partial charge in [0.1, 0.15) is 5.75 Å². The summed E-state index contributed by atoms with van der Waals surface area (Å²) < 4.78 is 0. The lowest BCUT2D eigenvalue weighted by Crippen LogP contribution is -2.56. The molecule has 0 radical (unpaired) electrons. The second-order valence-corrected chi connectivity index (χ2v) is 2.56. The maximum atomic E-state index is 10.4. The van der Waals surface area contributed by atoms with Crippen LogP contribution in [-0.2, 0) is 0 Å². The number of aryl methyl sites for hydroxylation is 2. The number of phenolic OH excluding ortho intramolecular Hbond substituents is 1. The Morgan fingerprint density at radius 3 is 2.09 bits per heavy atom. The van der Waals surface area contributed by atoms with Crippen LogP contribution in [0.15, 0.2) is 12.1 Å². The molecule has 58 valence electrons. The van der Waals surface area contributed by atoms with Crippen LogP contribution < -0.4 is 5.18 Å². The van der Waals surface area contributed by atoms with Crippen molar-refractivity contribution in [2.75, 3.05) is 0 Å². The molecule has 0 unspecified atom stereocenters. The van der Waals surface area contributed by atoms with Crippen LogP contribution >= 0.6 is 0 Å². The van der Waals surface area contributed by atoms with Crippen molar-refractivity contribution in [2.24, 2.45) is 0 Å². The summed E-state index contributed by atoms with van der Waals surface area (Å²) in [6.45, 7) is 3.54. The molecule has 0 saturated heterocycles. The number of aromatic hydroxyl groups is 1. The topological polar surface area (TPSA) is 51.3 Å². The first kappa shape index (κ1) is 7.72. The van der Waals surface area contributed by atoms with Gasteiger partial charge in [-0.05, 0) is 26.0 Å². The quantitative estimate of drug-likeness (QED) is 0.575. The Hall–Kier alpha value is -1.38. The third kappa shape index (κ3) is 1.37. The first-order valence-electron chi connectivity index (χ1n) is 3.33. The van der Waals surface area contributed by atoms with Crippen molar-refractivity contribution in [1.29, 1.82) is 0 Å². The fourth-order valence-corrected chi connectivity index (χ4v) is 1.10. The Labute approximate surface area is 64.7 Å². The summed E-state index contributed by atoms with van der Waals surface area (Å²) in [6, 6.07) is 3.10. The van der Waals surface area contributed by atoms with Gasteiger partial charge in [-0.25, -0.2) is 0 Å². The zero-order chi connectivity index (χ0) is 8.43. The lowest BCUT2D eigenvalue weighted by Gasteiger charge is -1.96. The standard InChI is InChI=1S/C8H9NO2/c1-5-3-7(10)4-6(2)8(5)9-11/h3-4,10H,1-2H3/p+1. The number of hydrogen-bond donors (Lipinski definition) is 2. The van der Waals surface area contributed by atoms with Crippen molar-refractivity contribution >= 4 is 5.69 Å². The minimum Gasteiger partial charge on any atom is -0.508 e. The average molecular weight is 152 g/mol. The molecule has 0 aliphatic heterocycles. The third-order valence-corrected chi connectivity index (χ3v) is 1.62. The Morgan fingerprint density at radius 2 is 1.73 bits per heavy atom. The Bertz CT molecular complexity index is 271. The molecule has 0 amide bonds. The second kappa shape index (κ2) is 2.70. The van der Waals surface area contributed by atoms with E-state index in [0.29, 0.717) is 5.69 Å².